The molecule has 0 bridgehead atoms. The molecule has 0 spiro atoms. The number of likely N-dealkylation sites (tertiary alicyclic amines) is 1. The molecule has 2 aliphatic rings. The molecule has 1 aliphatic heterocycles. The molecular weight excluding hydrogens is 464 g/mol. The average molecular weight is 493 g/mol. The van der Waals surface area contributed by atoms with Crippen molar-refractivity contribution >= 4 is 28.8 Å². The molecule has 188 valence electrons. The number of hydrogen-bond acceptors (Lipinski definition) is 5. The summed E-state index contributed by atoms with van der Waals surface area (Å²) < 4.78 is 1.41. The van der Waals surface area contributed by atoms with E-state index >= 15 is 0 Å². The van der Waals surface area contributed by atoms with Gasteiger partial charge in [0, 0.05) is 62.6 Å². The third-order valence-electron chi connectivity index (χ3n) is 7.12. The predicted molar refractivity (Wildman–Crippen MR) is 132 cm³/mol. The number of benzene rings is 1. The predicted octanol–water partition coefficient (Wildman–Crippen LogP) is 0.665. The lowest BCUT2D eigenvalue weighted by atomic mass is 10.1. The van der Waals surface area contributed by atoms with Gasteiger partial charge in [0.1, 0.15) is 5.56 Å². The number of amides is 3. The number of carbonyl (C=O) groups is 3. The number of hydrogen-bond donors (Lipinski definition) is 5. The highest BCUT2D eigenvalue weighted by Gasteiger charge is 2.56. The average Bonchev–Trinajstić information content (AvgIpc) is 3.23. The lowest BCUT2D eigenvalue weighted by Gasteiger charge is -2.19. The Kier molecular flexibility index (Phi) is 6.23. The van der Waals surface area contributed by atoms with E-state index in [4.69, 9.17) is 5.11 Å². The third-order valence-corrected chi connectivity index (χ3v) is 7.12. The van der Waals surface area contributed by atoms with Gasteiger partial charge < -0.3 is 35.5 Å². The molecule has 1 aromatic carbocycles. The zero-order chi connectivity index (χ0) is 25.4. The number of nitrogens with zero attached hydrogens (tertiary/aromatic N) is 2. The normalized spacial score (nSPS) is 20.6. The van der Waals surface area contributed by atoms with E-state index < -0.39 is 17.6 Å². The first-order chi connectivity index (χ1) is 17.4. The van der Waals surface area contributed by atoms with Crippen molar-refractivity contribution in [1.82, 2.24) is 30.4 Å². The highest BCUT2D eigenvalue weighted by molar-refractivity contribution is 5.99. The summed E-state index contributed by atoms with van der Waals surface area (Å²) in [6.07, 6.45) is 2.30. The number of aromatic nitrogens is 2. The molecule has 11 nitrogen and oxygen atoms in total. The maximum atomic E-state index is 13.2. The Morgan fingerprint density at radius 3 is 2.64 bits per heavy atom. The van der Waals surface area contributed by atoms with Crippen molar-refractivity contribution in [3.63, 3.8) is 0 Å². The fraction of sp³-hybridized carbons (Fsp3) is 0.360. The SMILES string of the molecule is CNC(=O)c1cc(C(=O)N[C@@H]2[C@@H]3CN(CCNC(=O)O)C[C@@H]32)cn(Cc2cccc3[nH]ccc23)c1=O. The molecule has 0 unspecified atom stereocenters. The first-order valence-corrected chi connectivity index (χ1v) is 11.9. The Labute approximate surface area is 206 Å². The third kappa shape index (κ3) is 4.57. The van der Waals surface area contributed by atoms with Crippen LogP contribution in [0.4, 0.5) is 4.79 Å². The Morgan fingerprint density at radius 1 is 1.14 bits per heavy atom. The second kappa shape index (κ2) is 9.50. The minimum Gasteiger partial charge on any atom is -0.465 e. The van der Waals surface area contributed by atoms with Gasteiger partial charge in [0.2, 0.25) is 0 Å². The van der Waals surface area contributed by atoms with E-state index in [-0.39, 0.29) is 29.6 Å². The number of rotatable bonds is 8. The van der Waals surface area contributed by atoms with Crippen LogP contribution in [0.5, 0.6) is 0 Å². The van der Waals surface area contributed by atoms with E-state index in [9.17, 15) is 19.2 Å². The van der Waals surface area contributed by atoms with Crippen LogP contribution in [0.3, 0.4) is 0 Å². The Balaban J connectivity index is 1.31. The summed E-state index contributed by atoms with van der Waals surface area (Å²) in [5.74, 6) is -0.243. The molecule has 3 amide bonds. The first kappa shape index (κ1) is 23.6. The van der Waals surface area contributed by atoms with Crippen LogP contribution < -0.4 is 21.5 Å². The van der Waals surface area contributed by atoms with E-state index in [1.807, 2.05) is 30.5 Å². The van der Waals surface area contributed by atoms with Crippen LogP contribution in [0.1, 0.15) is 26.3 Å². The summed E-state index contributed by atoms with van der Waals surface area (Å²) in [7, 11) is 1.45. The van der Waals surface area contributed by atoms with Gasteiger partial charge in [-0.2, -0.15) is 0 Å². The number of H-pyrrole nitrogens is 1. The van der Waals surface area contributed by atoms with Crippen molar-refractivity contribution in [2.75, 3.05) is 33.2 Å². The largest absolute Gasteiger partial charge is 0.465 e. The van der Waals surface area contributed by atoms with Crippen molar-refractivity contribution in [3.05, 3.63) is 69.8 Å². The number of carboxylic acid groups (broad SMARTS) is 1. The van der Waals surface area contributed by atoms with Crippen LogP contribution in [0.15, 0.2) is 47.5 Å². The molecule has 1 saturated carbocycles. The van der Waals surface area contributed by atoms with Crippen LogP contribution in [0, 0.1) is 11.8 Å². The standard InChI is InChI=1S/C25H28N6O5/c1-26-23(33)17-9-15(11-31(24(17)34)10-14-3-2-4-20-16(14)5-6-27-20)22(32)29-21-18-12-30(13-19(18)21)8-7-28-25(35)36/h2-6,9,11,18-19,21,27-28H,7-8,10,12-13H2,1H3,(H,26,33)(H,29,32)(H,35,36)/t18-,19+,21-. The molecule has 36 heavy (non-hydrogen) atoms. The molecular formula is C25H28N6O5. The Bertz CT molecular complexity index is 1380. The second-order valence-electron chi connectivity index (χ2n) is 9.33. The number of pyridine rings is 1. The molecule has 5 N–H and O–H groups in total. The van der Waals surface area contributed by atoms with Crippen LogP contribution >= 0.6 is 0 Å². The highest BCUT2D eigenvalue weighted by Crippen LogP contribution is 2.45. The first-order valence-electron chi connectivity index (χ1n) is 11.9. The van der Waals surface area contributed by atoms with E-state index in [2.05, 4.69) is 25.8 Å². The molecule has 3 atom stereocenters. The lowest BCUT2D eigenvalue weighted by Crippen LogP contribution is -2.39. The summed E-state index contributed by atoms with van der Waals surface area (Å²) >= 11 is 0. The van der Waals surface area contributed by atoms with E-state index in [1.54, 1.807) is 0 Å². The van der Waals surface area contributed by atoms with Crippen molar-refractivity contribution in [2.45, 2.75) is 12.6 Å². The maximum Gasteiger partial charge on any atom is 0.404 e. The minimum atomic E-state index is -1.04. The molecule has 3 aromatic rings. The van der Waals surface area contributed by atoms with Gasteiger partial charge in [-0.25, -0.2) is 4.79 Å². The minimum absolute atomic E-state index is 0.0265. The van der Waals surface area contributed by atoms with Gasteiger partial charge in [0.15, 0.2) is 0 Å². The second-order valence-corrected chi connectivity index (χ2v) is 9.33. The van der Waals surface area contributed by atoms with Crippen LogP contribution in [0.25, 0.3) is 10.9 Å². The number of fused-ring (bicyclic) bond motifs is 2. The van der Waals surface area contributed by atoms with E-state index in [0.29, 0.717) is 24.9 Å². The molecule has 11 heteroatoms. The van der Waals surface area contributed by atoms with Gasteiger partial charge in [0.05, 0.1) is 12.1 Å². The summed E-state index contributed by atoms with van der Waals surface area (Å²) in [6, 6.07) is 9.06. The number of nitrogens with one attached hydrogen (secondary N) is 4. The zero-order valence-electron chi connectivity index (χ0n) is 19.8. The monoisotopic (exact) mass is 492 g/mol. The van der Waals surface area contributed by atoms with Gasteiger partial charge in [-0.05, 0) is 35.6 Å². The van der Waals surface area contributed by atoms with Crippen molar-refractivity contribution in [1.29, 1.82) is 0 Å². The fourth-order valence-corrected chi connectivity index (χ4v) is 5.21. The molecule has 2 aromatic heterocycles. The molecule has 1 saturated heterocycles. The smallest absolute Gasteiger partial charge is 0.404 e. The van der Waals surface area contributed by atoms with Crippen LogP contribution in [-0.2, 0) is 6.54 Å². The number of carbonyl (C=O) groups excluding carboxylic acids is 2. The van der Waals surface area contributed by atoms with E-state index in [0.717, 1.165) is 29.6 Å². The van der Waals surface area contributed by atoms with Gasteiger partial charge >= 0.3 is 6.09 Å². The maximum absolute atomic E-state index is 13.2. The van der Waals surface area contributed by atoms with E-state index in [1.165, 1.54) is 23.9 Å². The number of piperidine rings is 1. The molecule has 5 rings (SSSR count). The highest BCUT2D eigenvalue weighted by atomic mass is 16.4. The summed E-state index contributed by atoms with van der Waals surface area (Å²) in [5.41, 5.74) is 1.54. The molecule has 0 radical (unpaired) electrons. The summed E-state index contributed by atoms with van der Waals surface area (Å²) in [4.78, 5) is 54.6. The molecule has 3 heterocycles. The summed E-state index contributed by atoms with van der Waals surface area (Å²) in [6.45, 7) is 2.80. The quantitative estimate of drug-likeness (QED) is 0.312. The Hall–Kier alpha value is -4.12. The van der Waals surface area contributed by atoms with Gasteiger partial charge in [-0.15, -0.1) is 0 Å². The molecule has 2 fully saturated rings. The zero-order valence-corrected chi connectivity index (χ0v) is 19.8. The van der Waals surface area contributed by atoms with Crippen LogP contribution in [-0.4, -0.2) is 76.7 Å². The molecule has 1 aliphatic carbocycles. The van der Waals surface area contributed by atoms with Crippen LogP contribution in [0.2, 0.25) is 0 Å². The van der Waals surface area contributed by atoms with Crippen molar-refractivity contribution < 1.29 is 19.5 Å². The number of aromatic amines is 1. The van der Waals surface area contributed by atoms with Gasteiger partial charge in [-0.1, -0.05) is 12.1 Å². The van der Waals surface area contributed by atoms with Gasteiger partial charge in [0.25, 0.3) is 17.4 Å². The topological polar surface area (TPSA) is 149 Å². The van der Waals surface area contributed by atoms with Gasteiger partial charge in [-0.3, -0.25) is 14.4 Å². The lowest BCUT2D eigenvalue weighted by molar-refractivity contribution is 0.0942. The Morgan fingerprint density at radius 2 is 1.92 bits per heavy atom. The van der Waals surface area contributed by atoms with Crippen molar-refractivity contribution in [2.24, 2.45) is 11.8 Å². The fourth-order valence-electron chi connectivity index (χ4n) is 5.21. The van der Waals surface area contributed by atoms with Crippen molar-refractivity contribution in [3.8, 4) is 0 Å². The summed E-state index contributed by atoms with van der Waals surface area (Å²) in [5, 5.41) is 17.6.